The van der Waals surface area contributed by atoms with Gasteiger partial charge in [-0.25, -0.2) is 0 Å². The minimum Gasteiger partial charge on any atom is -0.301 e. The summed E-state index contributed by atoms with van der Waals surface area (Å²) in [6, 6.07) is 0.594. The van der Waals surface area contributed by atoms with Gasteiger partial charge in [-0.05, 0) is 26.8 Å². The van der Waals surface area contributed by atoms with Gasteiger partial charge in [0.1, 0.15) is 0 Å². The van der Waals surface area contributed by atoms with E-state index in [0.29, 0.717) is 12.0 Å². The highest BCUT2D eigenvalue weighted by atomic mass is 19.1. The number of alkyl halides is 1. The highest BCUT2D eigenvalue weighted by Crippen LogP contribution is 2.18. The second-order valence-corrected chi connectivity index (χ2v) is 3.40. The van der Waals surface area contributed by atoms with Crippen LogP contribution in [0.25, 0.3) is 0 Å². The normalized spacial score (nSPS) is 28.2. The molecule has 1 atom stereocenters. The van der Waals surface area contributed by atoms with Crippen molar-refractivity contribution in [2.24, 2.45) is 5.92 Å². The number of rotatable bonds is 2. The molecule has 60 valence electrons. The largest absolute Gasteiger partial charge is 0.301 e. The molecule has 0 N–H and O–H groups in total. The molecule has 0 spiro atoms. The van der Waals surface area contributed by atoms with Gasteiger partial charge in [0.05, 0.1) is 6.67 Å². The highest BCUT2D eigenvalue weighted by Gasteiger charge is 2.23. The van der Waals surface area contributed by atoms with E-state index in [0.717, 1.165) is 19.5 Å². The second kappa shape index (κ2) is 3.33. The molecule has 0 radical (unpaired) electrons. The number of hydrogen-bond donors (Lipinski definition) is 0. The van der Waals surface area contributed by atoms with E-state index in [1.54, 1.807) is 0 Å². The average Bonchev–Trinajstić information content (AvgIpc) is 2.34. The van der Waals surface area contributed by atoms with Crippen molar-refractivity contribution in [3.8, 4) is 0 Å². The molecule has 0 amide bonds. The fourth-order valence-corrected chi connectivity index (χ4v) is 1.46. The Morgan fingerprint density at radius 3 is 2.60 bits per heavy atom. The zero-order chi connectivity index (χ0) is 7.56. The topological polar surface area (TPSA) is 3.24 Å². The van der Waals surface area contributed by atoms with Crippen molar-refractivity contribution < 1.29 is 4.39 Å². The summed E-state index contributed by atoms with van der Waals surface area (Å²) in [4.78, 5) is 2.34. The van der Waals surface area contributed by atoms with Gasteiger partial charge in [-0.15, -0.1) is 0 Å². The summed E-state index contributed by atoms with van der Waals surface area (Å²) in [6.45, 7) is 6.25. The first kappa shape index (κ1) is 7.99. The van der Waals surface area contributed by atoms with E-state index < -0.39 is 0 Å². The fraction of sp³-hybridized carbons (Fsp3) is 1.00. The van der Waals surface area contributed by atoms with Crippen LogP contribution in [0.5, 0.6) is 0 Å². The molecule has 2 heteroatoms. The maximum absolute atomic E-state index is 12.1. The lowest BCUT2D eigenvalue weighted by Crippen LogP contribution is -2.28. The zero-order valence-electron chi connectivity index (χ0n) is 6.81. The lowest BCUT2D eigenvalue weighted by Gasteiger charge is -2.19. The summed E-state index contributed by atoms with van der Waals surface area (Å²) >= 11 is 0. The molecular formula is C8H16FN. The zero-order valence-corrected chi connectivity index (χ0v) is 6.81. The van der Waals surface area contributed by atoms with Crippen molar-refractivity contribution >= 4 is 0 Å². The lowest BCUT2D eigenvalue weighted by atomic mass is 10.1. The molecule has 10 heavy (non-hydrogen) atoms. The highest BCUT2D eigenvalue weighted by molar-refractivity contribution is 4.76. The first-order chi connectivity index (χ1) is 4.74. The third-order valence-electron chi connectivity index (χ3n) is 2.27. The Morgan fingerprint density at radius 2 is 2.30 bits per heavy atom. The van der Waals surface area contributed by atoms with Crippen LogP contribution in [0.15, 0.2) is 0 Å². The minimum absolute atomic E-state index is 0.136. The molecule has 0 aromatic heterocycles. The number of likely N-dealkylation sites (tertiary alicyclic amines) is 1. The van der Waals surface area contributed by atoms with Gasteiger partial charge in [0.15, 0.2) is 0 Å². The second-order valence-electron chi connectivity index (χ2n) is 3.40. The molecule has 1 aliphatic heterocycles. The summed E-state index contributed by atoms with van der Waals surface area (Å²) in [5.74, 6) is 0.322. The van der Waals surface area contributed by atoms with Gasteiger partial charge in [-0.3, -0.25) is 4.39 Å². The van der Waals surface area contributed by atoms with Gasteiger partial charge in [-0.2, -0.15) is 0 Å². The lowest BCUT2D eigenvalue weighted by molar-refractivity contribution is 0.254. The third kappa shape index (κ3) is 1.69. The maximum atomic E-state index is 12.1. The number of nitrogens with zero attached hydrogens (tertiary/aromatic N) is 1. The molecule has 0 saturated carbocycles. The van der Waals surface area contributed by atoms with E-state index in [4.69, 9.17) is 0 Å². The van der Waals surface area contributed by atoms with Crippen LogP contribution in [-0.4, -0.2) is 30.7 Å². The number of hydrogen-bond acceptors (Lipinski definition) is 1. The molecule has 1 heterocycles. The smallest absolute Gasteiger partial charge is 0.0935 e. The Bertz CT molecular complexity index is 103. The van der Waals surface area contributed by atoms with Gasteiger partial charge in [0.2, 0.25) is 0 Å². The molecule has 1 rings (SSSR count). The Labute approximate surface area is 62.2 Å². The maximum Gasteiger partial charge on any atom is 0.0935 e. The summed E-state index contributed by atoms with van der Waals surface area (Å²) in [5.41, 5.74) is 0. The Balaban J connectivity index is 2.28. The van der Waals surface area contributed by atoms with Crippen LogP contribution in [0, 0.1) is 5.92 Å². The Hall–Kier alpha value is -0.110. The van der Waals surface area contributed by atoms with Gasteiger partial charge >= 0.3 is 0 Å². The predicted molar refractivity (Wildman–Crippen MR) is 40.8 cm³/mol. The van der Waals surface area contributed by atoms with Crippen LogP contribution in [0.3, 0.4) is 0 Å². The van der Waals surface area contributed by atoms with Crippen LogP contribution in [-0.2, 0) is 0 Å². The van der Waals surface area contributed by atoms with E-state index in [1.807, 2.05) is 0 Å². The summed E-state index contributed by atoms with van der Waals surface area (Å²) < 4.78 is 12.1. The van der Waals surface area contributed by atoms with Crippen molar-refractivity contribution in [2.75, 3.05) is 19.8 Å². The number of halogens is 1. The van der Waals surface area contributed by atoms with Gasteiger partial charge in [-0.1, -0.05) is 0 Å². The predicted octanol–water partition coefficient (Wildman–Crippen LogP) is 1.69. The van der Waals surface area contributed by atoms with Crippen LogP contribution >= 0.6 is 0 Å². The van der Waals surface area contributed by atoms with E-state index in [-0.39, 0.29) is 6.67 Å². The average molecular weight is 145 g/mol. The summed E-state index contributed by atoms with van der Waals surface area (Å²) in [5, 5.41) is 0. The third-order valence-corrected chi connectivity index (χ3v) is 2.27. The van der Waals surface area contributed by atoms with Crippen LogP contribution in [0.4, 0.5) is 4.39 Å². The van der Waals surface area contributed by atoms with E-state index in [9.17, 15) is 4.39 Å². The van der Waals surface area contributed by atoms with Crippen LogP contribution in [0.1, 0.15) is 20.3 Å². The monoisotopic (exact) mass is 145 g/mol. The molecule has 1 aliphatic rings. The summed E-state index contributed by atoms with van der Waals surface area (Å²) in [7, 11) is 0. The van der Waals surface area contributed by atoms with Crippen molar-refractivity contribution in [1.29, 1.82) is 0 Å². The molecule has 1 nitrogen and oxygen atoms in total. The van der Waals surface area contributed by atoms with E-state index in [1.165, 1.54) is 0 Å². The van der Waals surface area contributed by atoms with Gasteiger partial charge in [0.25, 0.3) is 0 Å². The van der Waals surface area contributed by atoms with Crippen molar-refractivity contribution in [3.63, 3.8) is 0 Å². The van der Waals surface area contributed by atoms with Crippen molar-refractivity contribution in [2.45, 2.75) is 26.3 Å². The molecule has 0 aliphatic carbocycles. The quantitative estimate of drug-likeness (QED) is 0.571. The molecular weight excluding hydrogens is 129 g/mol. The van der Waals surface area contributed by atoms with Gasteiger partial charge in [0, 0.05) is 18.5 Å². The van der Waals surface area contributed by atoms with E-state index in [2.05, 4.69) is 18.7 Å². The van der Waals surface area contributed by atoms with Crippen molar-refractivity contribution in [1.82, 2.24) is 4.90 Å². The SMILES string of the molecule is CC(C)N1CC[C@@H](CF)C1. The van der Waals surface area contributed by atoms with Crippen LogP contribution < -0.4 is 0 Å². The summed E-state index contributed by atoms with van der Waals surface area (Å²) in [6.07, 6.45) is 1.05. The Morgan fingerprint density at radius 1 is 1.60 bits per heavy atom. The molecule has 0 unspecified atom stereocenters. The van der Waals surface area contributed by atoms with Gasteiger partial charge < -0.3 is 4.90 Å². The standard InChI is InChI=1S/C8H16FN/c1-7(2)10-4-3-8(5-9)6-10/h7-8H,3-6H2,1-2H3/t8-/m0/s1. The molecule has 1 fully saturated rings. The van der Waals surface area contributed by atoms with Crippen LogP contribution in [0.2, 0.25) is 0 Å². The molecule has 1 saturated heterocycles. The van der Waals surface area contributed by atoms with E-state index >= 15 is 0 Å². The minimum atomic E-state index is -0.136. The van der Waals surface area contributed by atoms with Crippen molar-refractivity contribution in [3.05, 3.63) is 0 Å². The fourth-order valence-electron chi connectivity index (χ4n) is 1.46. The molecule has 0 bridgehead atoms. The Kier molecular flexibility index (Phi) is 2.66. The molecule has 0 aromatic carbocycles. The first-order valence-electron chi connectivity index (χ1n) is 4.04. The first-order valence-corrected chi connectivity index (χ1v) is 4.04. The molecule has 0 aromatic rings.